The summed E-state index contributed by atoms with van der Waals surface area (Å²) in [5.74, 6) is -0.398. The van der Waals surface area contributed by atoms with Gasteiger partial charge in [-0.1, -0.05) is 0 Å². The van der Waals surface area contributed by atoms with Crippen LogP contribution in [0.15, 0.2) is 6.07 Å². The fraction of sp³-hybridized carbons (Fsp3) is 0.714. The van der Waals surface area contributed by atoms with E-state index in [0.717, 1.165) is 26.1 Å². The molecule has 3 nitrogen and oxygen atoms in total. The molecule has 1 fully saturated rings. The first-order valence-electron chi connectivity index (χ1n) is 6.81. The third-order valence-corrected chi connectivity index (χ3v) is 5.15. The molecule has 0 radical (unpaired) electrons. The van der Waals surface area contributed by atoms with Gasteiger partial charge in [0.15, 0.2) is 5.79 Å². The van der Waals surface area contributed by atoms with Crippen LogP contribution in [0.25, 0.3) is 0 Å². The van der Waals surface area contributed by atoms with Gasteiger partial charge in [0.2, 0.25) is 0 Å². The molecule has 4 heteroatoms. The predicted molar refractivity (Wildman–Crippen MR) is 73.1 cm³/mol. The van der Waals surface area contributed by atoms with Gasteiger partial charge in [0.1, 0.15) is 0 Å². The molecule has 0 amide bonds. The molecule has 1 spiro atoms. The number of hydrogen-bond acceptors (Lipinski definition) is 4. The number of nitrogens with one attached hydrogen (secondary N) is 1. The minimum Gasteiger partial charge on any atom is -0.343 e. The first-order valence-corrected chi connectivity index (χ1v) is 7.62. The molecular weight excluding hydrogens is 246 g/mol. The molecule has 1 saturated heterocycles. The van der Waals surface area contributed by atoms with Crippen LogP contribution in [-0.4, -0.2) is 26.3 Å². The maximum atomic E-state index is 5.92. The fourth-order valence-electron chi connectivity index (χ4n) is 2.87. The maximum Gasteiger partial charge on any atom is 0.196 e. The first kappa shape index (κ1) is 12.6. The number of rotatable bonds is 3. The maximum absolute atomic E-state index is 5.92. The predicted octanol–water partition coefficient (Wildman–Crippen LogP) is 2.43. The zero-order chi connectivity index (χ0) is 12.6. The van der Waals surface area contributed by atoms with Crippen LogP contribution in [0.4, 0.5) is 0 Å². The third kappa shape index (κ3) is 2.11. The van der Waals surface area contributed by atoms with E-state index >= 15 is 0 Å². The van der Waals surface area contributed by atoms with Crippen LogP contribution in [0.2, 0.25) is 0 Å². The molecule has 2 heterocycles. The zero-order valence-electron chi connectivity index (χ0n) is 11.1. The number of hydrogen-bond donors (Lipinski definition) is 1. The van der Waals surface area contributed by atoms with Crippen molar-refractivity contribution in [3.05, 3.63) is 21.4 Å². The lowest BCUT2D eigenvalue weighted by atomic mass is 9.92. The molecule has 1 aromatic heterocycles. The Morgan fingerprint density at radius 3 is 2.94 bits per heavy atom. The van der Waals surface area contributed by atoms with Crippen molar-refractivity contribution >= 4 is 11.3 Å². The Morgan fingerprint density at radius 1 is 1.44 bits per heavy atom. The van der Waals surface area contributed by atoms with Crippen molar-refractivity contribution in [2.75, 3.05) is 20.3 Å². The molecule has 1 aromatic rings. The molecule has 1 aliphatic heterocycles. The average Bonchev–Trinajstić information content (AvgIpc) is 2.97. The molecule has 0 aromatic carbocycles. The Morgan fingerprint density at radius 2 is 2.22 bits per heavy atom. The van der Waals surface area contributed by atoms with E-state index < -0.39 is 5.79 Å². The third-order valence-electron chi connectivity index (χ3n) is 3.93. The van der Waals surface area contributed by atoms with Crippen LogP contribution in [0.5, 0.6) is 0 Å². The monoisotopic (exact) mass is 267 g/mol. The number of aryl methyl sites for hydroxylation is 1. The quantitative estimate of drug-likeness (QED) is 0.912. The topological polar surface area (TPSA) is 30.5 Å². The summed E-state index contributed by atoms with van der Waals surface area (Å²) in [5, 5.41) is 3.30. The Bertz CT molecular complexity index is 423. The summed E-state index contributed by atoms with van der Waals surface area (Å²) in [6.45, 7) is 3.69. The van der Waals surface area contributed by atoms with Crippen molar-refractivity contribution in [1.29, 1.82) is 0 Å². The van der Waals surface area contributed by atoms with E-state index in [0.29, 0.717) is 6.04 Å². The van der Waals surface area contributed by atoms with Crippen molar-refractivity contribution in [3.63, 3.8) is 0 Å². The normalized spacial score (nSPS) is 23.2. The standard InChI is InChI=1S/C14H21NO2S/c1-10(15-2)8-11-9-12-13(18-11)4-3-5-14(12)16-6-7-17-14/h9-10,15H,3-8H2,1-2H3. The molecule has 100 valence electrons. The number of ether oxygens (including phenoxy) is 2. The molecule has 0 saturated carbocycles. The highest BCUT2D eigenvalue weighted by atomic mass is 32.1. The van der Waals surface area contributed by atoms with E-state index in [-0.39, 0.29) is 0 Å². The van der Waals surface area contributed by atoms with Crippen LogP contribution in [0.3, 0.4) is 0 Å². The highest BCUT2D eigenvalue weighted by molar-refractivity contribution is 7.12. The van der Waals surface area contributed by atoms with E-state index in [1.54, 1.807) is 0 Å². The van der Waals surface area contributed by atoms with Crippen molar-refractivity contribution in [2.24, 2.45) is 0 Å². The molecular formula is C14H21NO2S. The number of likely N-dealkylation sites (N-methyl/N-ethyl adjacent to an activating group) is 1. The van der Waals surface area contributed by atoms with Crippen LogP contribution in [0, 0.1) is 0 Å². The summed E-state index contributed by atoms with van der Waals surface area (Å²) in [7, 11) is 2.02. The van der Waals surface area contributed by atoms with Crippen molar-refractivity contribution in [2.45, 2.75) is 44.4 Å². The second-order valence-electron chi connectivity index (χ2n) is 5.25. The SMILES string of the molecule is CNC(C)Cc1cc2c(s1)CCCC21OCCO1. The Kier molecular flexibility index (Phi) is 3.45. The molecule has 3 rings (SSSR count). The van der Waals surface area contributed by atoms with Gasteiger partial charge < -0.3 is 14.8 Å². The molecule has 18 heavy (non-hydrogen) atoms. The summed E-state index contributed by atoms with van der Waals surface area (Å²) in [6.07, 6.45) is 4.46. The largest absolute Gasteiger partial charge is 0.343 e. The highest BCUT2D eigenvalue weighted by Crippen LogP contribution is 2.45. The second-order valence-corrected chi connectivity index (χ2v) is 6.47. The second kappa shape index (κ2) is 4.93. The smallest absolute Gasteiger partial charge is 0.196 e. The average molecular weight is 267 g/mol. The number of fused-ring (bicyclic) bond motifs is 2. The van der Waals surface area contributed by atoms with Gasteiger partial charge in [-0.15, -0.1) is 11.3 Å². The summed E-state index contributed by atoms with van der Waals surface area (Å²) >= 11 is 1.94. The van der Waals surface area contributed by atoms with E-state index in [1.807, 2.05) is 18.4 Å². The van der Waals surface area contributed by atoms with Gasteiger partial charge in [-0.25, -0.2) is 0 Å². The van der Waals surface area contributed by atoms with Crippen LogP contribution < -0.4 is 5.32 Å². The molecule has 1 atom stereocenters. The lowest BCUT2D eigenvalue weighted by Gasteiger charge is -2.31. The van der Waals surface area contributed by atoms with Gasteiger partial charge in [0.05, 0.1) is 13.2 Å². The molecule has 1 aliphatic carbocycles. The number of thiophene rings is 1. The van der Waals surface area contributed by atoms with E-state index in [4.69, 9.17) is 9.47 Å². The first-order chi connectivity index (χ1) is 8.73. The van der Waals surface area contributed by atoms with Crippen molar-refractivity contribution in [3.8, 4) is 0 Å². The zero-order valence-corrected chi connectivity index (χ0v) is 11.9. The van der Waals surface area contributed by atoms with E-state index in [1.165, 1.54) is 28.2 Å². The summed E-state index contributed by atoms with van der Waals surface area (Å²) in [5.41, 5.74) is 1.31. The Labute approximate surface area is 112 Å². The summed E-state index contributed by atoms with van der Waals surface area (Å²) < 4.78 is 11.8. The van der Waals surface area contributed by atoms with Gasteiger partial charge in [0.25, 0.3) is 0 Å². The highest BCUT2D eigenvalue weighted by Gasteiger charge is 2.43. The minimum absolute atomic E-state index is 0.398. The fourth-order valence-corrected chi connectivity index (χ4v) is 4.26. The Hall–Kier alpha value is -0.420. The van der Waals surface area contributed by atoms with Gasteiger partial charge in [-0.05, 0) is 39.3 Å². The van der Waals surface area contributed by atoms with Gasteiger partial charge in [-0.3, -0.25) is 0 Å². The van der Waals surface area contributed by atoms with Crippen molar-refractivity contribution in [1.82, 2.24) is 5.32 Å². The lowest BCUT2D eigenvalue weighted by Crippen LogP contribution is -2.30. The van der Waals surface area contributed by atoms with Crippen LogP contribution in [-0.2, 0) is 28.1 Å². The van der Waals surface area contributed by atoms with Gasteiger partial charge in [-0.2, -0.15) is 0 Å². The molecule has 1 N–H and O–H groups in total. The van der Waals surface area contributed by atoms with E-state index in [2.05, 4.69) is 18.3 Å². The molecule has 1 unspecified atom stereocenters. The van der Waals surface area contributed by atoms with E-state index in [9.17, 15) is 0 Å². The summed E-state index contributed by atoms with van der Waals surface area (Å²) in [6, 6.07) is 2.84. The Balaban J connectivity index is 1.88. The molecule has 0 bridgehead atoms. The molecule has 2 aliphatic rings. The van der Waals surface area contributed by atoms with Gasteiger partial charge >= 0.3 is 0 Å². The van der Waals surface area contributed by atoms with Gasteiger partial charge in [0, 0.05) is 27.8 Å². The summed E-state index contributed by atoms with van der Waals surface area (Å²) in [4.78, 5) is 2.92. The minimum atomic E-state index is -0.398. The van der Waals surface area contributed by atoms with Crippen LogP contribution in [0.1, 0.15) is 35.1 Å². The van der Waals surface area contributed by atoms with Crippen LogP contribution >= 0.6 is 11.3 Å². The van der Waals surface area contributed by atoms with Crippen molar-refractivity contribution < 1.29 is 9.47 Å². The lowest BCUT2D eigenvalue weighted by molar-refractivity contribution is -0.175.